The van der Waals surface area contributed by atoms with Crippen molar-refractivity contribution < 1.29 is 4.79 Å². The molecule has 98 valence electrons. The van der Waals surface area contributed by atoms with E-state index in [0.717, 1.165) is 3.57 Å². The molecule has 0 aliphatic heterocycles. The first-order valence-electron chi connectivity index (χ1n) is 5.58. The molecule has 0 fully saturated rings. The van der Waals surface area contributed by atoms with E-state index in [1.165, 1.54) is 4.90 Å². The number of nitrogens with zero attached hydrogens (tertiary/aromatic N) is 3. The van der Waals surface area contributed by atoms with Crippen molar-refractivity contribution in [2.24, 2.45) is 0 Å². The molecule has 0 heterocycles. The zero-order valence-corrected chi connectivity index (χ0v) is 13.0. The third kappa shape index (κ3) is 4.70. The van der Waals surface area contributed by atoms with Gasteiger partial charge in [-0.05, 0) is 40.8 Å². The molecule has 0 aliphatic rings. The van der Waals surface area contributed by atoms with E-state index in [-0.39, 0.29) is 18.7 Å². The van der Waals surface area contributed by atoms with Crippen molar-refractivity contribution in [3.8, 4) is 12.1 Å². The molecule has 1 rings (SSSR count). The molecule has 0 aliphatic carbocycles. The van der Waals surface area contributed by atoms with Gasteiger partial charge < -0.3 is 4.90 Å². The molecule has 0 N–H and O–H groups in total. The highest BCUT2D eigenvalue weighted by atomic mass is 127. The lowest BCUT2D eigenvalue weighted by Gasteiger charge is -2.20. The second-order valence-corrected chi connectivity index (χ2v) is 5.31. The minimum atomic E-state index is -0.205. The molecule has 0 saturated carbocycles. The molecule has 0 atom stereocenters. The van der Waals surface area contributed by atoms with Crippen LogP contribution in [0.2, 0.25) is 5.02 Å². The van der Waals surface area contributed by atoms with Gasteiger partial charge in [0.05, 0.1) is 30.0 Å². The van der Waals surface area contributed by atoms with Crippen LogP contribution in [0.3, 0.4) is 0 Å². The molecule has 4 nitrogen and oxygen atoms in total. The maximum Gasteiger partial charge on any atom is 0.253 e. The Kier molecular flexibility index (Phi) is 6.61. The zero-order chi connectivity index (χ0) is 14.3. The maximum absolute atomic E-state index is 12.3. The summed E-state index contributed by atoms with van der Waals surface area (Å²) in [5.74, 6) is -0.205. The van der Waals surface area contributed by atoms with E-state index >= 15 is 0 Å². The fourth-order valence-electron chi connectivity index (χ4n) is 1.50. The van der Waals surface area contributed by atoms with Crippen LogP contribution in [0.15, 0.2) is 18.2 Å². The standard InChI is InChI=1S/C13H11ClIN3O/c14-11-9-10(3-4-12(11)15)13(19)18(7-1-5-16)8-2-6-17/h3-4,9H,1-2,7-8H2. The van der Waals surface area contributed by atoms with Crippen LogP contribution in [0.4, 0.5) is 0 Å². The van der Waals surface area contributed by atoms with Crippen LogP contribution in [-0.4, -0.2) is 23.9 Å². The summed E-state index contributed by atoms with van der Waals surface area (Å²) in [6.45, 7) is 0.640. The largest absolute Gasteiger partial charge is 0.337 e. The first-order chi connectivity index (χ1) is 9.10. The van der Waals surface area contributed by atoms with E-state index < -0.39 is 0 Å². The summed E-state index contributed by atoms with van der Waals surface area (Å²) in [5, 5.41) is 17.7. The molecule has 0 bridgehead atoms. The molecule has 0 saturated heterocycles. The second kappa shape index (κ2) is 7.98. The number of carbonyl (C=O) groups is 1. The topological polar surface area (TPSA) is 67.9 Å². The van der Waals surface area contributed by atoms with Crippen molar-refractivity contribution in [3.05, 3.63) is 32.4 Å². The Bertz CT molecular complexity index is 530. The van der Waals surface area contributed by atoms with Crippen LogP contribution in [0.5, 0.6) is 0 Å². The van der Waals surface area contributed by atoms with Crippen LogP contribution in [0.1, 0.15) is 23.2 Å². The monoisotopic (exact) mass is 387 g/mol. The first kappa shape index (κ1) is 15.7. The summed E-state index contributed by atoms with van der Waals surface area (Å²) in [6, 6.07) is 9.07. The summed E-state index contributed by atoms with van der Waals surface area (Å²) < 4.78 is 0.872. The molecule has 6 heteroatoms. The fourth-order valence-corrected chi connectivity index (χ4v) is 2.01. The van der Waals surface area contributed by atoms with Crippen molar-refractivity contribution in [2.45, 2.75) is 12.8 Å². The third-order valence-corrected chi connectivity index (χ3v) is 4.01. The predicted molar refractivity (Wildman–Crippen MR) is 80.5 cm³/mol. The lowest BCUT2D eigenvalue weighted by atomic mass is 10.2. The van der Waals surface area contributed by atoms with Crippen molar-refractivity contribution >= 4 is 40.1 Å². The zero-order valence-electron chi connectivity index (χ0n) is 10.1. The van der Waals surface area contributed by atoms with Gasteiger partial charge >= 0.3 is 0 Å². The van der Waals surface area contributed by atoms with Crippen molar-refractivity contribution in [1.82, 2.24) is 4.90 Å². The summed E-state index contributed by atoms with van der Waals surface area (Å²) in [5.41, 5.74) is 0.473. The van der Waals surface area contributed by atoms with Gasteiger partial charge in [-0.2, -0.15) is 10.5 Å². The van der Waals surface area contributed by atoms with Gasteiger partial charge in [-0.1, -0.05) is 11.6 Å². The number of halogens is 2. The van der Waals surface area contributed by atoms with Gasteiger partial charge in [-0.3, -0.25) is 4.79 Å². The Labute approximate surface area is 130 Å². The number of hydrogen-bond acceptors (Lipinski definition) is 3. The van der Waals surface area contributed by atoms with E-state index in [2.05, 4.69) is 22.6 Å². The van der Waals surface area contributed by atoms with Crippen molar-refractivity contribution in [1.29, 1.82) is 10.5 Å². The second-order valence-electron chi connectivity index (χ2n) is 3.74. The molecule has 0 aromatic heterocycles. The van der Waals surface area contributed by atoms with E-state index in [9.17, 15) is 4.79 Å². The van der Waals surface area contributed by atoms with Crippen LogP contribution >= 0.6 is 34.2 Å². The van der Waals surface area contributed by atoms with Crippen LogP contribution in [0.25, 0.3) is 0 Å². The number of rotatable bonds is 5. The smallest absolute Gasteiger partial charge is 0.253 e. The minimum absolute atomic E-state index is 0.205. The molecule has 1 amide bonds. The number of benzene rings is 1. The summed E-state index contributed by atoms with van der Waals surface area (Å²) in [6.07, 6.45) is 0.491. The van der Waals surface area contributed by atoms with E-state index in [0.29, 0.717) is 23.7 Å². The highest BCUT2D eigenvalue weighted by molar-refractivity contribution is 14.1. The van der Waals surface area contributed by atoms with Gasteiger partial charge in [0, 0.05) is 22.2 Å². The van der Waals surface area contributed by atoms with Crippen LogP contribution in [0, 0.1) is 26.2 Å². The van der Waals surface area contributed by atoms with E-state index in [1.807, 2.05) is 12.1 Å². The highest BCUT2D eigenvalue weighted by Crippen LogP contribution is 2.20. The molecular formula is C13H11ClIN3O. The fraction of sp³-hybridized carbons (Fsp3) is 0.308. The van der Waals surface area contributed by atoms with Gasteiger partial charge in [0.25, 0.3) is 5.91 Å². The number of carbonyl (C=O) groups excluding carboxylic acids is 1. The Balaban J connectivity index is 2.88. The van der Waals surface area contributed by atoms with Gasteiger partial charge in [-0.25, -0.2) is 0 Å². The molecule has 1 aromatic carbocycles. The average Bonchev–Trinajstić information content (AvgIpc) is 2.41. The van der Waals surface area contributed by atoms with Gasteiger partial charge in [0.1, 0.15) is 0 Å². The normalized spacial score (nSPS) is 9.47. The van der Waals surface area contributed by atoms with E-state index in [1.54, 1.807) is 18.2 Å². The van der Waals surface area contributed by atoms with Crippen LogP contribution < -0.4 is 0 Å². The molecule has 0 unspecified atom stereocenters. The highest BCUT2D eigenvalue weighted by Gasteiger charge is 2.16. The van der Waals surface area contributed by atoms with Gasteiger partial charge in [-0.15, -0.1) is 0 Å². The molecule has 1 aromatic rings. The molecule has 0 radical (unpaired) electrons. The summed E-state index contributed by atoms with van der Waals surface area (Å²) in [7, 11) is 0. The van der Waals surface area contributed by atoms with Crippen molar-refractivity contribution in [3.63, 3.8) is 0 Å². The number of amides is 1. The average molecular weight is 388 g/mol. The Morgan fingerprint density at radius 1 is 1.26 bits per heavy atom. The lowest BCUT2D eigenvalue weighted by molar-refractivity contribution is 0.0762. The SMILES string of the molecule is N#CCCN(CCC#N)C(=O)c1ccc(I)c(Cl)c1. The molecular weight excluding hydrogens is 377 g/mol. The Morgan fingerprint density at radius 2 is 1.84 bits per heavy atom. The van der Waals surface area contributed by atoms with Gasteiger partial charge in [0.2, 0.25) is 0 Å². The number of nitriles is 2. The predicted octanol–water partition coefficient (Wildman–Crippen LogP) is 3.21. The first-order valence-corrected chi connectivity index (χ1v) is 7.04. The van der Waals surface area contributed by atoms with Gasteiger partial charge in [0.15, 0.2) is 0 Å². The third-order valence-electron chi connectivity index (χ3n) is 2.44. The van der Waals surface area contributed by atoms with Crippen molar-refractivity contribution in [2.75, 3.05) is 13.1 Å². The number of hydrogen-bond donors (Lipinski definition) is 0. The maximum atomic E-state index is 12.3. The lowest BCUT2D eigenvalue weighted by Crippen LogP contribution is -2.32. The summed E-state index contributed by atoms with van der Waals surface area (Å²) in [4.78, 5) is 13.8. The van der Waals surface area contributed by atoms with E-state index in [4.69, 9.17) is 22.1 Å². The minimum Gasteiger partial charge on any atom is -0.337 e. The molecule has 0 spiro atoms. The Morgan fingerprint density at radius 3 is 2.32 bits per heavy atom. The van der Waals surface area contributed by atoms with Crippen LogP contribution in [-0.2, 0) is 0 Å². The summed E-state index contributed by atoms with van der Waals surface area (Å²) >= 11 is 8.07. The quantitative estimate of drug-likeness (QED) is 0.729. The Hall–Kier alpha value is -1.31. The molecule has 19 heavy (non-hydrogen) atoms.